The summed E-state index contributed by atoms with van der Waals surface area (Å²) in [6.07, 6.45) is -1.27. The van der Waals surface area contributed by atoms with Crippen LogP contribution in [0.2, 0.25) is 0 Å². The van der Waals surface area contributed by atoms with Crippen LogP contribution in [0.5, 0.6) is 11.8 Å². The number of alkyl halides is 3. The maximum absolute atomic E-state index is 17.1. The summed E-state index contributed by atoms with van der Waals surface area (Å²) in [5.41, 5.74) is 5.84. The van der Waals surface area contributed by atoms with Crippen LogP contribution < -0.4 is 20.1 Å². The average Bonchev–Trinajstić information content (AvgIpc) is 3.61. The van der Waals surface area contributed by atoms with Crippen molar-refractivity contribution in [3.8, 4) is 22.9 Å². The second-order valence-corrected chi connectivity index (χ2v) is 14.9. The minimum absolute atomic E-state index is 0.0567. The van der Waals surface area contributed by atoms with E-state index in [9.17, 15) is 17.6 Å². The van der Waals surface area contributed by atoms with Gasteiger partial charge >= 0.3 is 6.01 Å². The average molecular weight is 788 g/mol. The van der Waals surface area contributed by atoms with Crippen LogP contribution in [0.1, 0.15) is 32.1 Å². The third-order valence-corrected chi connectivity index (χ3v) is 11.9. The lowest BCUT2D eigenvalue weighted by Gasteiger charge is -2.34. The molecule has 47 heavy (non-hydrogen) atoms. The van der Waals surface area contributed by atoms with Gasteiger partial charge in [-0.1, -0.05) is 6.07 Å². The Morgan fingerprint density at radius 1 is 1.21 bits per heavy atom. The summed E-state index contributed by atoms with van der Waals surface area (Å²) in [4.78, 5) is 12.7. The number of nitrogens with two attached hydrogens (primary N) is 1. The first-order chi connectivity index (χ1) is 22.6. The van der Waals surface area contributed by atoms with Crippen LogP contribution in [0.25, 0.3) is 32.1 Å². The summed E-state index contributed by atoms with van der Waals surface area (Å²) < 4.78 is 94.4. The van der Waals surface area contributed by atoms with Crippen molar-refractivity contribution in [3.63, 3.8) is 0 Å². The van der Waals surface area contributed by atoms with Crippen molar-refractivity contribution in [1.82, 2.24) is 14.9 Å². The fourth-order valence-electron chi connectivity index (χ4n) is 7.83. The van der Waals surface area contributed by atoms with Crippen molar-refractivity contribution in [3.05, 3.63) is 33.4 Å². The van der Waals surface area contributed by atoms with Crippen LogP contribution in [-0.2, 0) is 4.74 Å². The first-order valence-corrected chi connectivity index (χ1v) is 17.5. The third kappa shape index (κ3) is 5.26. The number of nitrogens with zero attached hydrogens (tertiary/aromatic N) is 4. The summed E-state index contributed by atoms with van der Waals surface area (Å²) in [5, 5.41) is 0.937. The maximum Gasteiger partial charge on any atom is 0.319 e. The predicted molar refractivity (Wildman–Crippen MR) is 178 cm³/mol. The highest BCUT2D eigenvalue weighted by atomic mass is 127. The maximum atomic E-state index is 17.1. The van der Waals surface area contributed by atoms with Crippen molar-refractivity contribution in [2.45, 2.75) is 62.4 Å². The van der Waals surface area contributed by atoms with Crippen molar-refractivity contribution in [1.29, 1.82) is 0 Å². The molecule has 3 saturated heterocycles. The number of halogens is 6. The number of ether oxygens (including phenoxy) is 3. The summed E-state index contributed by atoms with van der Waals surface area (Å²) >= 11 is 3.06. The van der Waals surface area contributed by atoms with E-state index in [-0.39, 0.29) is 52.0 Å². The van der Waals surface area contributed by atoms with E-state index < -0.39 is 48.5 Å². The Hall–Kier alpha value is -2.76. The van der Waals surface area contributed by atoms with Crippen LogP contribution in [-0.4, -0.2) is 84.6 Å². The largest absolute Gasteiger partial charge is 0.486 e. The first kappa shape index (κ1) is 31.5. The van der Waals surface area contributed by atoms with Crippen LogP contribution >= 0.6 is 33.9 Å². The van der Waals surface area contributed by atoms with E-state index in [1.54, 1.807) is 6.07 Å². The molecule has 15 heteroatoms. The lowest BCUT2D eigenvalue weighted by atomic mass is 9.95. The molecule has 8 rings (SSSR count). The fraction of sp³-hybridized carbons (Fsp3) is 0.500. The van der Waals surface area contributed by atoms with Gasteiger partial charge < -0.3 is 24.8 Å². The first-order valence-electron chi connectivity index (χ1n) is 15.7. The van der Waals surface area contributed by atoms with E-state index >= 15 is 4.39 Å². The topological polar surface area (TPSA) is 86.0 Å². The molecule has 0 saturated carbocycles. The molecule has 6 heterocycles. The Labute approximate surface area is 284 Å². The normalized spacial score (nSPS) is 26.0. The Morgan fingerprint density at radius 2 is 2.06 bits per heavy atom. The van der Waals surface area contributed by atoms with E-state index in [2.05, 4.69) is 14.9 Å². The van der Waals surface area contributed by atoms with E-state index in [0.29, 0.717) is 51.9 Å². The summed E-state index contributed by atoms with van der Waals surface area (Å²) in [6.45, 7) is 0.961. The Morgan fingerprint density at radius 3 is 2.89 bits per heavy atom. The minimum atomic E-state index is -2.75. The molecule has 4 atom stereocenters. The van der Waals surface area contributed by atoms with Crippen LogP contribution in [0.15, 0.2) is 18.2 Å². The standard InChI is InChI=1S/C32H31F5IN5O3S/c33-15-10-32(6-2-7-42(32)11-15)14-45-31-40-27-24-28(46-20-3-1-8-44-13-19(20)43(12-21(35)36)30(24)41-31)26(38)23(25(27)37)16-4-5-18(34)29-17(16)9-22(39)47-29/h4-5,9,15,19-21H,1-3,6-8,10-14,39H2/t15-,19?,20?,32+/m1/s1. The lowest BCUT2D eigenvalue weighted by Crippen LogP contribution is -2.49. The molecule has 250 valence electrons. The van der Waals surface area contributed by atoms with E-state index in [1.165, 1.54) is 17.0 Å². The Kier molecular flexibility index (Phi) is 8.03. The smallest absolute Gasteiger partial charge is 0.319 e. The highest BCUT2D eigenvalue weighted by molar-refractivity contribution is 14.1. The van der Waals surface area contributed by atoms with Gasteiger partial charge in [-0.3, -0.25) is 4.90 Å². The lowest BCUT2D eigenvalue weighted by molar-refractivity contribution is 0.0928. The number of fused-ring (bicyclic) bond motifs is 3. The zero-order chi connectivity index (χ0) is 32.6. The molecule has 2 N–H and O–H groups in total. The van der Waals surface area contributed by atoms with Gasteiger partial charge in [0, 0.05) is 30.5 Å². The number of hydrogen-bond acceptors (Lipinski definition) is 9. The van der Waals surface area contributed by atoms with Gasteiger partial charge in [-0.2, -0.15) is 9.97 Å². The van der Waals surface area contributed by atoms with Gasteiger partial charge in [0.2, 0.25) is 0 Å². The Bertz CT molecular complexity index is 1880. The van der Waals surface area contributed by atoms with E-state index in [0.717, 1.165) is 30.7 Å². The number of nitrogen functional groups attached to an aromatic ring is 1. The third-order valence-electron chi connectivity index (χ3n) is 9.87. The van der Waals surface area contributed by atoms with Gasteiger partial charge in [-0.25, -0.2) is 22.0 Å². The van der Waals surface area contributed by atoms with Crippen LogP contribution in [0, 0.1) is 15.2 Å². The molecule has 8 nitrogen and oxygen atoms in total. The summed E-state index contributed by atoms with van der Waals surface area (Å²) in [7, 11) is 0. The van der Waals surface area contributed by atoms with Gasteiger partial charge in [-0.15, -0.1) is 11.3 Å². The molecular formula is C32H31F5IN5O3S. The fourth-order valence-corrected chi connectivity index (χ4v) is 9.61. The molecule has 2 aromatic heterocycles. The molecule has 0 bridgehead atoms. The zero-order valence-electron chi connectivity index (χ0n) is 25.1. The minimum Gasteiger partial charge on any atom is -0.486 e. The molecule has 0 aliphatic carbocycles. The second-order valence-electron chi connectivity index (χ2n) is 12.7. The van der Waals surface area contributed by atoms with Crippen molar-refractivity contribution < 1.29 is 36.2 Å². The molecule has 4 aromatic rings. The zero-order valence-corrected chi connectivity index (χ0v) is 28.1. The van der Waals surface area contributed by atoms with Gasteiger partial charge in [0.15, 0.2) is 5.82 Å². The predicted octanol–water partition coefficient (Wildman–Crippen LogP) is 6.94. The molecule has 0 amide bonds. The summed E-state index contributed by atoms with van der Waals surface area (Å²) in [5.74, 6) is -0.933. The monoisotopic (exact) mass is 787 g/mol. The molecule has 0 radical (unpaired) electrons. The molecular weight excluding hydrogens is 756 g/mol. The number of aromatic nitrogens is 2. The van der Waals surface area contributed by atoms with Gasteiger partial charge in [-0.05, 0) is 72.5 Å². The molecule has 2 unspecified atom stereocenters. The highest BCUT2D eigenvalue weighted by Gasteiger charge is 2.49. The molecule has 4 aliphatic rings. The van der Waals surface area contributed by atoms with Gasteiger partial charge in [0.05, 0.1) is 43.4 Å². The summed E-state index contributed by atoms with van der Waals surface area (Å²) in [6, 6.07) is 3.50. The van der Waals surface area contributed by atoms with Crippen molar-refractivity contribution in [2.24, 2.45) is 0 Å². The van der Waals surface area contributed by atoms with Gasteiger partial charge in [0.25, 0.3) is 6.43 Å². The van der Waals surface area contributed by atoms with Crippen LogP contribution in [0.4, 0.5) is 32.8 Å². The number of thiophene rings is 1. The highest BCUT2D eigenvalue weighted by Crippen LogP contribution is 2.50. The molecule has 0 spiro atoms. The molecule has 2 aromatic carbocycles. The molecule has 4 aliphatic heterocycles. The SMILES string of the molecule is Nc1cc2c(-c3c(I)c4c5c(nc(OC[C@@]67CCCN6C[C@H](F)C7)nc5c3F)N(CC(F)F)C3COCCCC3O4)ccc(F)c2s1. The molecule has 3 fully saturated rings. The van der Waals surface area contributed by atoms with E-state index in [4.69, 9.17) is 19.9 Å². The van der Waals surface area contributed by atoms with Gasteiger partial charge in [0.1, 0.15) is 41.8 Å². The van der Waals surface area contributed by atoms with Crippen molar-refractivity contribution in [2.75, 3.05) is 50.1 Å². The number of rotatable bonds is 6. The number of hydrogen-bond donors (Lipinski definition) is 1. The van der Waals surface area contributed by atoms with Crippen LogP contribution in [0.3, 0.4) is 0 Å². The quantitative estimate of drug-likeness (QED) is 0.166. The van der Waals surface area contributed by atoms with Crippen molar-refractivity contribution >= 4 is 65.7 Å². The van der Waals surface area contributed by atoms with E-state index in [1.807, 2.05) is 22.6 Å². The number of benzene rings is 2. The number of anilines is 2. The Balaban J connectivity index is 1.35. The second kappa shape index (κ2) is 12.0.